The molecule has 2 heterocycles. The molecule has 1 N–H and O–H groups in total. The maximum Gasteiger partial charge on any atom is 0.226 e. The van der Waals surface area contributed by atoms with Crippen LogP contribution in [0.15, 0.2) is 12.3 Å². The van der Waals surface area contributed by atoms with Gasteiger partial charge in [0, 0.05) is 18.3 Å². The van der Waals surface area contributed by atoms with Gasteiger partial charge < -0.3 is 10.1 Å². The minimum atomic E-state index is -2.84. The summed E-state index contributed by atoms with van der Waals surface area (Å²) in [6.45, 7) is 3.86. The van der Waals surface area contributed by atoms with Crippen molar-refractivity contribution in [3.63, 3.8) is 0 Å². The molecule has 6 nitrogen and oxygen atoms in total. The van der Waals surface area contributed by atoms with E-state index in [4.69, 9.17) is 4.74 Å². The maximum atomic E-state index is 11.3. The first-order chi connectivity index (χ1) is 8.94. The fourth-order valence-corrected chi connectivity index (χ4v) is 3.43. The second-order valence-corrected chi connectivity index (χ2v) is 7.26. The van der Waals surface area contributed by atoms with Crippen molar-refractivity contribution in [3.05, 3.63) is 12.3 Å². The molecule has 0 spiro atoms. The van der Waals surface area contributed by atoms with Crippen LogP contribution in [0.4, 0.5) is 5.95 Å². The van der Waals surface area contributed by atoms with Crippen LogP contribution in [0.3, 0.4) is 0 Å². The SMILES string of the molecule is CC(C)Oc1ccnc(NC2CCS(=O)(=O)CC2)n1. The quantitative estimate of drug-likeness (QED) is 0.896. The lowest BCUT2D eigenvalue weighted by Gasteiger charge is -2.23. The number of anilines is 1. The minimum Gasteiger partial charge on any atom is -0.475 e. The molecule has 1 aromatic heterocycles. The van der Waals surface area contributed by atoms with Gasteiger partial charge in [-0.1, -0.05) is 0 Å². The number of ether oxygens (including phenoxy) is 1. The molecular formula is C12H19N3O3S. The van der Waals surface area contributed by atoms with Gasteiger partial charge in [-0.25, -0.2) is 13.4 Å². The van der Waals surface area contributed by atoms with Crippen LogP contribution in [0.2, 0.25) is 0 Å². The summed E-state index contributed by atoms with van der Waals surface area (Å²) in [7, 11) is -2.84. The maximum absolute atomic E-state index is 11.3. The first-order valence-electron chi connectivity index (χ1n) is 6.41. The molecule has 1 fully saturated rings. The van der Waals surface area contributed by atoms with Crippen LogP contribution in [0.5, 0.6) is 5.88 Å². The molecule has 0 bridgehead atoms. The lowest BCUT2D eigenvalue weighted by molar-refractivity contribution is 0.232. The number of nitrogens with zero attached hydrogens (tertiary/aromatic N) is 2. The van der Waals surface area contributed by atoms with Crippen LogP contribution in [-0.4, -0.2) is 42.0 Å². The van der Waals surface area contributed by atoms with E-state index in [9.17, 15) is 8.42 Å². The third kappa shape index (κ3) is 4.34. The van der Waals surface area contributed by atoms with E-state index in [1.165, 1.54) is 0 Å². The van der Waals surface area contributed by atoms with Crippen molar-refractivity contribution in [2.75, 3.05) is 16.8 Å². The molecule has 106 valence electrons. The highest BCUT2D eigenvalue weighted by Gasteiger charge is 2.23. The van der Waals surface area contributed by atoms with Crippen LogP contribution in [0.1, 0.15) is 26.7 Å². The van der Waals surface area contributed by atoms with Crippen LogP contribution in [0.25, 0.3) is 0 Å². The fraction of sp³-hybridized carbons (Fsp3) is 0.667. The summed E-state index contributed by atoms with van der Waals surface area (Å²) in [5.41, 5.74) is 0. The van der Waals surface area contributed by atoms with E-state index in [-0.39, 0.29) is 23.7 Å². The summed E-state index contributed by atoms with van der Waals surface area (Å²) in [6.07, 6.45) is 2.89. The van der Waals surface area contributed by atoms with Gasteiger partial charge in [-0.05, 0) is 26.7 Å². The zero-order chi connectivity index (χ0) is 13.9. The molecule has 1 aliphatic rings. The Kier molecular flexibility index (Phi) is 4.24. The number of sulfone groups is 1. The Morgan fingerprint density at radius 3 is 2.68 bits per heavy atom. The second kappa shape index (κ2) is 5.73. The molecule has 0 amide bonds. The summed E-state index contributed by atoms with van der Waals surface area (Å²) in [5.74, 6) is 1.47. The number of rotatable bonds is 4. The van der Waals surface area contributed by atoms with Crippen LogP contribution < -0.4 is 10.1 Å². The predicted molar refractivity (Wildman–Crippen MR) is 73.1 cm³/mol. The fourth-order valence-electron chi connectivity index (χ4n) is 1.94. The average Bonchev–Trinajstić information content (AvgIpc) is 2.32. The van der Waals surface area contributed by atoms with Crippen molar-refractivity contribution < 1.29 is 13.2 Å². The van der Waals surface area contributed by atoms with Gasteiger partial charge in [0.05, 0.1) is 17.6 Å². The number of aromatic nitrogens is 2. The van der Waals surface area contributed by atoms with Crippen LogP contribution in [0, 0.1) is 0 Å². The van der Waals surface area contributed by atoms with Gasteiger partial charge >= 0.3 is 0 Å². The predicted octanol–water partition coefficient (Wildman–Crippen LogP) is 1.25. The highest BCUT2D eigenvalue weighted by Crippen LogP contribution is 2.17. The Hall–Kier alpha value is -1.37. The zero-order valence-corrected chi connectivity index (χ0v) is 12.0. The van der Waals surface area contributed by atoms with E-state index in [0.29, 0.717) is 24.7 Å². The summed E-state index contributed by atoms with van der Waals surface area (Å²) >= 11 is 0. The molecule has 1 saturated heterocycles. The highest BCUT2D eigenvalue weighted by atomic mass is 32.2. The first kappa shape index (κ1) is 14.0. The van der Waals surface area contributed by atoms with E-state index in [1.54, 1.807) is 12.3 Å². The molecule has 0 unspecified atom stereocenters. The second-order valence-electron chi connectivity index (χ2n) is 4.96. The lowest BCUT2D eigenvalue weighted by Crippen LogP contribution is -2.32. The molecule has 0 atom stereocenters. The van der Waals surface area contributed by atoms with E-state index >= 15 is 0 Å². The van der Waals surface area contributed by atoms with Crippen molar-refractivity contribution in [1.29, 1.82) is 0 Å². The zero-order valence-electron chi connectivity index (χ0n) is 11.2. The van der Waals surface area contributed by atoms with E-state index < -0.39 is 9.84 Å². The Morgan fingerprint density at radius 2 is 2.05 bits per heavy atom. The minimum absolute atomic E-state index is 0.0579. The molecule has 0 radical (unpaired) electrons. The first-order valence-corrected chi connectivity index (χ1v) is 8.23. The number of hydrogen-bond donors (Lipinski definition) is 1. The topological polar surface area (TPSA) is 81.2 Å². The Bertz CT molecular complexity index is 517. The van der Waals surface area contributed by atoms with Gasteiger partial charge in [-0.3, -0.25) is 0 Å². The van der Waals surface area contributed by atoms with Gasteiger partial charge in [0.2, 0.25) is 11.8 Å². The molecule has 0 aliphatic carbocycles. The normalized spacial score (nSPS) is 19.3. The van der Waals surface area contributed by atoms with Gasteiger partial charge in [-0.15, -0.1) is 0 Å². The average molecular weight is 285 g/mol. The monoisotopic (exact) mass is 285 g/mol. The van der Waals surface area contributed by atoms with Gasteiger partial charge in [-0.2, -0.15) is 4.98 Å². The lowest BCUT2D eigenvalue weighted by atomic mass is 10.2. The van der Waals surface area contributed by atoms with E-state index in [2.05, 4.69) is 15.3 Å². The number of hydrogen-bond acceptors (Lipinski definition) is 6. The van der Waals surface area contributed by atoms with Gasteiger partial charge in [0.15, 0.2) is 0 Å². The summed E-state index contributed by atoms with van der Waals surface area (Å²) in [4.78, 5) is 8.37. The smallest absolute Gasteiger partial charge is 0.226 e. The van der Waals surface area contributed by atoms with Crippen LogP contribution >= 0.6 is 0 Å². The number of nitrogens with one attached hydrogen (secondary N) is 1. The van der Waals surface area contributed by atoms with Crippen molar-refractivity contribution >= 4 is 15.8 Å². The Balaban J connectivity index is 1.96. The Labute approximate surface area is 113 Å². The third-order valence-corrected chi connectivity index (χ3v) is 4.59. The highest BCUT2D eigenvalue weighted by molar-refractivity contribution is 7.91. The molecule has 1 aliphatic heterocycles. The molecular weight excluding hydrogens is 266 g/mol. The van der Waals surface area contributed by atoms with E-state index in [0.717, 1.165) is 0 Å². The summed E-state index contributed by atoms with van der Waals surface area (Å²) in [5, 5.41) is 3.17. The molecule has 2 rings (SSSR count). The van der Waals surface area contributed by atoms with Crippen LogP contribution in [-0.2, 0) is 9.84 Å². The molecule has 7 heteroatoms. The van der Waals surface area contributed by atoms with Gasteiger partial charge in [0.25, 0.3) is 0 Å². The molecule has 1 aromatic rings. The molecule has 0 aromatic carbocycles. The van der Waals surface area contributed by atoms with Crippen molar-refractivity contribution in [2.24, 2.45) is 0 Å². The molecule has 0 saturated carbocycles. The third-order valence-electron chi connectivity index (χ3n) is 2.87. The van der Waals surface area contributed by atoms with Crippen molar-refractivity contribution in [3.8, 4) is 5.88 Å². The Morgan fingerprint density at radius 1 is 1.37 bits per heavy atom. The van der Waals surface area contributed by atoms with Crippen molar-refractivity contribution in [1.82, 2.24) is 9.97 Å². The summed E-state index contributed by atoms with van der Waals surface area (Å²) in [6, 6.07) is 1.81. The molecule has 19 heavy (non-hydrogen) atoms. The largest absolute Gasteiger partial charge is 0.475 e. The van der Waals surface area contributed by atoms with Gasteiger partial charge in [0.1, 0.15) is 9.84 Å². The summed E-state index contributed by atoms with van der Waals surface area (Å²) < 4.78 is 28.2. The standard InChI is InChI=1S/C12H19N3O3S/c1-9(2)18-11-3-6-13-12(15-11)14-10-4-7-19(16,17)8-5-10/h3,6,9-10H,4-5,7-8H2,1-2H3,(H,13,14,15). The van der Waals surface area contributed by atoms with Crippen molar-refractivity contribution in [2.45, 2.75) is 38.8 Å². The van der Waals surface area contributed by atoms with E-state index in [1.807, 2.05) is 13.8 Å².